The van der Waals surface area contributed by atoms with Crippen LogP contribution in [0, 0.1) is 41.4 Å². The van der Waals surface area contributed by atoms with Crippen LogP contribution in [-0.4, -0.2) is 0 Å². The molecule has 0 N–H and O–H groups in total. The Bertz CT molecular complexity index is 343. The maximum Gasteiger partial charge on any atom is -0.0360 e. The SMILES string of the molecule is CCCCC1CCC(C2CCC(C3CCC(C)CC3)C(C)C2)CC1. The third kappa shape index (κ3) is 4.79. The third-order valence-electron chi connectivity index (χ3n) is 8.47. The summed E-state index contributed by atoms with van der Waals surface area (Å²) in [6, 6.07) is 0. The van der Waals surface area contributed by atoms with E-state index >= 15 is 0 Å². The molecule has 3 rings (SSSR count). The zero-order valence-electron chi connectivity index (χ0n) is 16.9. The standard InChI is InChI=1S/C24H44/c1-4-5-6-20-9-13-21(14-10-20)23-15-16-24(19(3)17-23)22-11-7-18(2)8-12-22/h18-24H,4-17H2,1-3H3. The Kier molecular flexibility index (Phi) is 7.11. The van der Waals surface area contributed by atoms with E-state index in [0.717, 1.165) is 41.4 Å². The van der Waals surface area contributed by atoms with Gasteiger partial charge in [0, 0.05) is 0 Å². The van der Waals surface area contributed by atoms with E-state index in [9.17, 15) is 0 Å². The number of unbranched alkanes of at least 4 members (excludes halogenated alkanes) is 1. The average molecular weight is 333 g/mol. The third-order valence-corrected chi connectivity index (χ3v) is 8.47. The molecule has 3 aliphatic rings. The predicted molar refractivity (Wildman–Crippen MR) is 106 cm³/mol. The lowest BCUT2D eigenvalue weighted by Crippen LogP contribution is -2.34. The van der Waals surface area contributed by atoms with Gasteiger partial charge in [0.05, 0.1) is 0 Å². The topological polar surface area (TPSA) is 0 Å². The first kappa shape index (κ1) is 18.8. The number of rotatable bonds is 5. The normalized spacial score (nSPS) is 44.4. The molecule has 0 radical (unpaired) electrons. The average Bonchev–Trinajstić information content (AvgIpc) is 2.61. The van der Waals surface area contributed by atoms with Crippen molar-refractivity contribution in [2.24, 2.45) is 41.4 Å². The summed E-state index contributed by atoms with van der Waals surface area (Å²) >= 11 is 0. The Hall–Kier alpha value is 0. The van der Waals surface area contributed by atoms with Crippen LogP contribution in [0.15, 0.2) is 0 Å². The zero-order valence-corrected chi connectivity index (χ0v) is 16.9. The largest absolute Gasteiger partial charge is 0.0654 e. The van der Waals surface area contributed by atoms with E-state index in [0.29, 0.717) is 0 Å². The first-order chi connectivity index (χ1) is 11.7. The van der Waals surface area contributed by atoms with Crippen molar-refractivity contribution in [1.29, 1.82) is 0 Å². The van der Waals surface area contributed by atoms with Crippen LogP contribution in [0.5, 0.6) is 0 Å². The molecule has 0 spiro atoms. The Labute approximate surface area is 152 Å². The highest BCUT2D eigenvalue weighted by molar-refractivity contribution is 4.88. The first-order valence-electron chi connectivity index (χ1n) is 11.7. The number of hydrogen-bond donors (Lipinski definition) is 0. The van der Waals surface area contributed by atoms with Gasteiger partial charge in [0.1, 0.15) is 0 Å². The van der Waals surface area contributed by atoms with Crippen LogP contribution in [0.3, 0.4) is 0 Å². The van der Waals surface area contributed by atoms with Gasteiger partial charge in [-0.1, -0.05) is 65.7 Å². The van der Waals surface area contributed by atoms with Crippen LogP contribution in [-0.2, 0) is 0 Å². The van der Waals surface area contributed by atoms with Gasteiger partial charge in [0.25, 0.3) is 0 Å². The summed E-state index contributed by atoms with van der Waals surface area (Å²) in [5.41, 5.74) is 0. The lowest BCUT2D eigenvalue weighted by Gasteiger charge is -2.44. The second-order valence-corrected chi connectivity index (χ2v) is 10.2. The molecule has 3 unspecified atom stereocenters. The monoisotopic (exact) mass is 332 g/mol. The molecule has 0 saturated heterocycles. The van der Waals surface area contributed by atoms with Crippen LogP contribution in [0.25, 0.3) is 0 Å². The van der Waals surface area contributed by atoms with E-state index < -0.39 is 0 Å². The molecule has 140 valence electrons. The molecule has 0 aliphatic heterocycles. The lowest BCUT2D eigenvalue weighted by molar-refractivity contribution is 0.0638. The Morgan fingerprint density at radius 1 is 0.667 bits per heavy atom. The molecule has 0 aromatic carbocycles. The van der Waals surface area contributed by atoms with Gasteiger partial charge in [-0.25, -0.2) is 0 Å². The fourth-order valence-electron chi connectivity index (χ4n) is 6.74. The summed E-state index contributed by atoms with van der Waals surface area (Å²) in [5.74, 6) is 7.45. The molecular formula is C24H44. The highest BCUT2D eigenvalue weighted by Crippen LogP contribution is 2.48. The van der Waals surface area contributed by atoms with Crippen molar-refractivity contribution >= 4 is 0 Å². The van der Waals surface area contributed by atoms with Crippen molar-refractivity contribution < 1.29 is 0 Å². The predicted octanol–water partition coefficient (Wildman–Crippen LogP) is 7.86. The van der Waals surface area contributed by atoms with Crippen molar-refractivity contribution in [3.8, 4) is 0 Å². The van der Waals surface area contributed by atoms with Crippen molar-refractivity contribution in [2.75, 3.05) is 0 Å². The first-order valence-corrected chi connectivity index (χ1v) is 11.7. The molecule has 0 aromatic heterocycles. The van der Waals surface area contributed by atoms with Gasteiger partial charge in [0.15, 0.2) is 0 Å². The van der Waals surface area contributed by atoms with Crippen molar-refractivity contribution in [1.82, 2.24) is 0 Å². The summed E-state index contributed by atoms with van der Waals surface area (Å²) in [7, 11) is 0. The number of hydrogen-bond acceptors (Lipinski definition) is 0. The minimum atomic E-state index is 1.01. The van der Waals surface area contributed by atoms with Crippen LogP contribution >= 0.6 is 0 Å². The summed E-state index contributed by atoms with van der Waals surface area (Å²) in [5, 5.41) is 0. The van der Waals surface area contributed by atoms with Crippen molar-refractivity contribution in [3.05, 3.63) is 0 Å². The lowest BCUT2D eigenvalue weighted by atomic mass is 9.61. The molecule has 0 bridgehead atoms. The van der Waals surface area contributed by atoms with Crippen LogP contribution in [0.2, 0.25) is 0 Å². The molecule has 3 atom stereocenters. The van der Waals surface area contributed by atoms with Gasteiger partial charge < -0.3 is 0 Å². The molecule has 3 aliphatic carbocycles. The maximum absolute atomic E-state index is 2.61. The highest BCUT2D eigenvalue weighted by Gasteiger charge is 2.37. The molecular weight excluding hydrogens is 288 g/mol. The van der Waals surface area contributed by atoms with E-state index in [1.54, 1.807) is 57.8 Å². The van der Waals surface area contributed by atoms with Gasteiger partial charge >= 0.3 is 0 Å². The Morgan fingerprint density at radius 2 is 1.29 bits per heavy atom. The second kappa shape index (κ2) is 9.09. The Morgan fingerprint density at radius 3 is 1.92 bits per heavy atom. The molecule has 24 heavy (non-hydrogen) atoms. The van der Waals surface area contributed by atoms with Crippen LogP contribution in [0.1, 0.15) is 111 Å². The minimum Gasteiger partial charge on any atom is -0.0654 e. The van der Waals surface area contributed by atoms with Gasteiger partial charge in [-0.05, 0) is 86.4 Å². The summed E-state index contributed by atoms with van der Waals surface area (Å²) in [6.07, 6.45) is 21.5. The summed E-state index contributed by atoms with van der Waals surface area (Å²) < 4.78 is 0. The summed E-state index contributed by atoms with van der Waals surface area (Å²) in [6.45, 7) is 7.42. The molecule has 3 fully saturated rings. The molecule has 0 heterocycles. The fraction of sp³-hybridized carbons (Fsp3) is 1.00. The Balaban J connectivity index is 1.42. The van der Waals surface area contributed by atoms with Crippen molar-refractivity contribution in [3.63, 3.8) is 0 Å². The molecule has 0 heteroatoms. The molecule has 0 amide bonds. The molecule has 3 saturated carbocycles. The maximum atomic E-state index is 2.61. The smallest absolute Gasteiger partial charge is 0.0360 e. The van der Waals surface area contributed by atoms with E-state index in [1.165, 1.54) is 32.1 Å². The van der Waals surface area contributed by atoms with E-state index in [1.807, 2.05) is 0 Å². The molecule has 0 nitrogen and oxygen atoms in total. The van der Waals surface area contributed by atoms with Gasteiger partial charge in [-0.2, -0.15) is 0 Å². The van der Waals surface area contributed by atoms with Gasteiger partial charge in [-0.15, -0.1) is 0 Å². The highest BCUT2D eigenvalue weighted by atomic mass is 14.4. The van der Waals surface area contributed by atoms with E-state index in [-0.39, 0.29) is 0 Å². The van der Waals surface area contributed by atoms with E-state index in [2.05, 4.69) is 20.8 Å². The second-order valence-electron chi connectivity index (χ2n) is 10.2. The fourth-order valence-corrected chi connectivity index (χ4v) is 6.74. The van der Waals surface area contributed by atoms with Crippen molar-refractivity contribution in [2.45, 2.75) is 111 Å². The van der Waals surface area contributed by atoms with Gasteiger partial charge in [0.2, 0.25) is 0 Å². The zero-order chi connectivity index (χ0) is 16.9. The summed E-state index contributed by atoms with van der Waals surface area (Å²) in [4.78, 5) is 0. The van der Waals surface area contributed by atoms with Crippen LogP contribution < -0.4 is 0 Å². The molecule has 0 aromatic rings. The quantitative estimate of drug-likeness (QED) is 0.480. The minimum absolute atomic E-state index is 1.01. The van der Waals surface area contributed by atoms with E-state index in [4.69, 9.17) is 0 Å². The van der Waals surface area contributed by atoms with Crippen LogP contribution in [0.4, 0.5) is 0 Å². The van der Waals surface area contributed by atoms with Gasteiger partial charge in [-0.3, -0.25) is 0 Å².